The van der Waals surface area contributed by atoms with Crippen LogP contribution in [0, 0.1) is 13.8 Å². The maximum absolute atomic E-state index is 12.1. The monoisotopic (exact) mass is 261 g/mol. The first-order valence-electron chi connectivity index (χ1n) is 6.62. The van der Waals surface area contributed by atoms with E-state index in [-0.39, 0.29) is 5.78 Å². The molecule has 0 fully saturated rings. The molecule has 1 aliphatic rings. The van der Waals surface area contributed by atoms with Crippen LogP contribution in [0.1, 0.15) is 34.8 Å². The van der Waals surface area contributed by atoms with Gasteiger partial charge in [0.25, 0.3) is 11.7 Å². The zero-order valence-corrected chi connectivity index (χ0v) is 11.7. The second-order valence-electron chi connectivity index (χ2n) is 4.76. The van der Waals surface area contributed by atoms with E-state index in [2.05, 4.69) is 0 Å². The summed E-state index contributed by atoms with van der Waals surface area (Å²) in [6.45, 7) is 7.54. The van der Waals surface area contributed by atoms with Gasteiger partial charge in [0, 0.05) is 19.8 Å². The van der Waals surface area contributed by atoms with Crippen molar-refractivity contribution < 1.29 is 14.3 Å². The minimum absolute atomic E-state index is 0.382. The number of ether oxygens (including phenoxy) is 1. The Bertz CT molecular complexity index is 522. The Morgan fingerprint density at radius 2 is 1.84 bits per heavy atom. The van der Waals surface area contributed by atoms with Gasteiger partial charge in [-0.25, -0.2) is 0 Å². The van der Waals surface area contributed by atoms with Gasteiger partial charge in [0.15, 0.2) is 0 Å². The molecule has 1 aromatic rings. The number of fused-ring (bicyclic) bond motifs is 1. The third-order valence-corrected chi connectivity index (χ3v) is 3.40. The number of benzene rings is 1. The Morgan fingerprint density at radius 1 is 1.16 bits per heavy atom. The first-order valence-corrected chi connectivity index (χ1v) is 6.62. The number of anilines is 1. The maximum Gasteiger partial charge on any atom is 0.299 e. The summed E-state index contributed by atoms with van der Waals surface area (Å²) in [5, 5.41) is 0. The molecule has 102 valence electrons. The summed E-state index contributed by atoms with van der Waals surface area (Å²) in [5.41, 5.74) is 3.19. The van der Waals surface area contributed by atoms with Crippen molar-refractivity contribution in [1.82, 2.24) is 0 Å². The molecule has 1 heterocycles. The van der Waals surface area contributed by atoms with Gasteiger partial charge >= 0.3 is 0 Å². The fourth-order valence-corrected chi connectivity index (χ4v) is 2.44. The third kappa shape index (κ3) is 2.40. The van der Waals surface area contributed by atoms with Crippen LogP contribution in [0.5, 0.6) is 0 Å². The summed E-state index contributed by atoms with van der Waals surface area (Å²) in [5.74, 6) is -0.795. The molecule has 0 spiro atoms. The molecule has 1 aromatic carbocycles. The summed E-state index contributed by atoms with van der Waals surface area (Å²) in [6, 6.07) is 3.85. The van der Waals surface area contributed by atoms with Crippen molar-refractivity contribution >= 4 is 17.4 Å². The van der Waals surface area contributed by atoms with Crippen LogP contribution in [0.3, 0.4) is 0 Å². The molecular formula is C15H19NO3. The topological polar surface area (TPSA) is 46.6 Å². The number of hydrogen-bond acceptors (Lipinski definition) is 3. The number of Topliss-reactive ketones (excluding diaryl/α,β-unsaturated/α-hetero) is 1. The van der Waals surface area contributed by atoms with Gasteiger partial charge in [0.05, 0.1) is 11.3 Å². The predicted octanol–water partition coefficient (Wildman–Crippen LogP) is 2.26. The predicted molar refractivity (Wildman–Crippen MR) is 73.7 cm³/mol. The Hall–Kier alpha value is -1.68. The van der Waals surface area contributed by atoms with Crippen molar-refractivity contribution in [3.05, 3.63) is 28.8 Å². The summed E-state index contributed by atoms with van der Waals surface area (Å²) >= 11 is 0. The van der Waals surface area contributed by atoms with E-state index in [1.807, 2.05) is 32.9 Å². The molecule has 0 N–H and O–H groups in total. The molecule has 0 unspecified atom stereocenters. The van der Waals surface area contributed by atoms with Crippen LogP contribution in [0.4, 0.5) is 5.69 Å². The highest BCUT2D eigenvalue weighted by molar-refractivity contribution is 6.52. The molecule has 0 aliphatic carbocycles. The first kappa shape index (κ1) is 13.7. The highest BCUT2D eigenvalue weighted by Crippen LogP contribution is 2.34. The van der Waals surface area contributed by atoms with Gasteiger partial charge in [0.2, 0.25) is 0 Å². The minimum Gasteiger partial charge on any atom is -0.382 e. The van der Waals surface area contributed by atoms with E-state index < -0.39 is 5.91 Å². The van der Waals surface area contributed by atoms with E-state index in [9.17, 15) is 9.59 Å². The van der Waals surface area contributed by atoms with E-state index in [4.69, 9.17) is 4.74 Å². The van der Waals surface area contributed by atoms with Crippen molar-refractivity contribution in [2.75, 3.05) is 24.7 Å². The molecule has 1 aliphatic heterocycles. The highest BCUT2D eigenvalue weighted by atomic mass is 16.5. The SMILES string of the molecule is CCOCCCN1C(=O)C(=O)c2c(C)ccc(C)c21. The molecule has 0 radical (unpaired) electrons. The molecule has 1 amide bonds. The lowest BCUT2D eigenvalue weighted by molar-refractivity contribution is -0.114. The smallest absolute Gasteiger partial charge is 0.299 e. The zero-order valence-electron chi connectivity index (χ0n) is 11.7. The van der Waals surface area contributed by atoms with E-state index in [1.165, 1.54) is 0 Å². The van der Waals surface area contributed by atoms with Gasteiger partial charge in [0.1, 0.15) is 0 Å². The fourth-order valence-electron chi connectivity index (χ4n) is 2.44. The second kappa shape index (κ2) is 5.53. The summed E-state index contributed by atoms with van der Waals surface area (Å²) in [6.07, 6.45) is 0.736. The minimum atomic E-state index is -0.413. The standard InChI is InChI=1S/C15H19NO3/c1-4-19-9-5-8-16-13-11(3)7-6-10(2)12(13)14(17)15(16)18/h6-7H,4-5,8-9H2,1-3H3. The first-order chi connectivity index (χ1) is 9.07. The van der Waals surface area contributed by atoms with Crippen LogP contribution in [0.15, 0.2) is 12.1 Å². The van der Waals surface area contributed by atoms with E-state index in [1.54, 1.807) is 4.90 Å². The Kier molecular flexibility index (Phi) is 4.00. The molecule has 2 rings (SSSR count). The van der Waals surface area contributed by atoms with Crippen LogP contribution in [0.25, 0.3) is 0 Å². The highest BCUT2D eigenvalue weighted by Gasteiger charge is 2.37. The van der Waals surface area contributed by atoms with Gasteiger partial charge in [-0.2, -0.15) is 0 Å². The number of carbonyl (C=O) groups excluding carboxylic acids is 2. The largest absolute Gasteiger partial charge is 0.382 e. The summed E-state index contributed by atoms with van der Waals surface area (Å²) in [4.78, 5) is 25.7. The molecule has 4 nitrogen and oxygen atoms in total. The van der Waals surface area contributed by atoms with Crippen LogP contribution >= 0.6 is 0 Å². The van der Waals surface area contributed by atoms with Crippen molar-refractivity contribution in [2.45, 2.75) is 27.2 Å². The van der Waals surface area contributed by atoms with Crippen LogP contribution in [-0.4, -0.2) is 31.4 Å². The number of ketones is 1. The third-order valence-electron chi connectivity index (χ3n) is 3.40. The van der Waals surface area contributed by atoms with Crippen molar-refractivity contribution in [2.24, 2.45) is 0 Å². The normalized spacial score (nSPS) is 14.2. The molecule has 0 atom stereocenters. The van der Waals surface area contributed by atoms with Crippen molar-refractivity contribution in [3.63, 3.8) is 0 Å². The number of amides is 1. The molecular weight excluding hydrogens is 242 g/mol. The number of carbonyl (C=O) groups is 2. The lowest BCUT2D eigenvalue weighted by Gasteiger charge is -2.18. The summed E-state index contributed by atoms with van der Waals surface area (Å²) < 4.78 is 5.27. The Labute approximate surface area is 113 Å². The van der Waals surface area contributed by atoms with Crippen LogP contribution in [0.2, 0.25) is 0 Å². The van der Waals surface area contributed by atoms with Crippen molar-refractivity contribution in [1.29, 1.82) is 0 Å². The van der Waals surface area contributed by atoms with Crippen molar-refractivity contribution in [3.8, 4) is 0 Å². The van der Waals surface area contributed by atoms with Crippen LogP contribution < -0.4 is 4.90 Å². The molecule has 4 heteroatoms. The molecule has 0 saturated carbocycles. The second-order valence-corrected chi connectivity index (χ2v) is 4.76. The molecule has 19 heavy (non-hydrogen) atoms. The van der Waals surface area contributed by atoms with Gasteiger partial charge < -0.3 is 9.64 Å². The van der Waals surface area contributed by atoms with Gasteiger partial charge in [-0.05, 0) is 38.3 Å². The van der Waals surface area contributed by atoms with E-state index in [0.29, 0.717) is 25.3 Å². The zero-order chi connectivity index (χ0) is 14.0. The molecule has 0 saturated heterocycles. The Morgan fingerprint density at radius 3 is 2.53 bits per heavy atom. The maximum atomic E-state index is 12.1. The number of rotatable bonds is 5. The molecule has 0 bridgehead atoms. The average Bonchev–Trinajstić information content (AvgIpc) is 2.65. The number of hydrogen-bond donors (Lipinski definition) is 0. The lowest BCUT2D eigenvalue weighted by atomic mass is 10.0. The van der Waals surface area contributed by atoms with Gasteiger partial charge in [-0.15, -0.1) is 0 Å². The summed E-state index contributed by atoms with van der Waals surface area (Å²) in [7, 11) is 0. The Balaban J connectivity index is 2.26. The fraction of sp³-hybridized carbons (Fsp3) is 0.467. The molecule has 0 aromatic heterocycles. The van der Waals surface area contributed by atoms with E-state index >= 15 is 0 Å². The average molecular weight is 261 g/mol. The number of aryl methyl sites for hydroxylation is 2. The lowest BCUT2D eigenvalue weighted by Crippen LogP contribution is -2.31. The van der Waals surface area contributed by atoms with Crippen LogP contribution in [-0.2, 0) is 9.53 Å². The van der Waals surface area contributed by atoms with Gasteiger partial charge in [-0.1, -0.05) is 12.1 Å². The van der Waals surface area contributed by atoms with E-state index in [0.717, 1.165) is 23.2 Å². The quantitative estimate of drug-likeness (QED) is 0.603. The number of nitrogens with zero attached hydrogens (tertiary/aromatic N) is 1. The van der Waals surface area contributed by atoms with Gasteiger partial charge in [-0.3, -0.25) is 9.59 Å².